The van der Waals surface area contributed by atoms with Crippen LogP contribution in [-0.2, 0) is 0 Å². The Hall–Kier alpha value is -1.18. The van der Waals surface area contributed by atoms with Crippen LogP contribution < -0.4 is 4.74 Å². The fraction of sp³-hybridized carbons (Fsp3) is 0.364. The zero-order valence-corrected chi connectivity index (χ0v) is 9.39. The van der Waals surface area contributed by atoms with E-state index >= 15 is 0 Å². The summed E-state index contributed by atoms with van der Waals surface area (Å²) in [6.07, 6.45) is 0. The summed E-state index contributed by atoms with van der Waals surface area (Å²) in [5.74, 6) is 0.734. The molecule has 1 aromatic carbocycles. The van der Waals surface area contributed by atoms with Crippen molar-refractivity contribution in [1.29, 1.82) is 0 Å². The van der Waals surface area contributed by atoms with Gasteiger partial charge in [-0.05, 0) is 45.1 Å². The van der Waals surface area contributed by atoms with Crippen LogP contribution in [0.1, 0.15) is 20.8 Å². The van der Waals surface area contributed by atoms with Gasteiger partial charge in [0.2, 0.25) is 0 Å². The van der Waals surface area contributed by atoms with E-state index in [1.54, 1.807) is 0 Å². The van der Waals surface area contributed by atoms with E-state index in [9.17, 15) is 0 Å². The first-order chi connectivity index (χ1) is 6.53. The van der Waals surface area contributed by atoms with Crippen LogP contribution in [0, 0.1) is 0 Å². The molecule has 2 nitrogen and oxygen atoms in total. The van der Waals surface area contributed by atoms with E-state index in [4.69, 9.17) is 4.74 Å². The van der Waals surface area contributed by atoms with Crippen LogP contribution in [0.5, 0.6) is 5.75 Å². The normalized spacial score (nSPS) is 10.5. The van der Waals surface area contributed by atoms with Crippen LogP contribution in [0.3, 0.4) is 0 Å². The molecule has 0 spiro atoms. The van der Waals surface area contributed by atoms with Crippen molar-refractivity contribution < 1.29 is 4.74 Å². The van der Waals surface area contributed by atoms with Gasteiger partial charge >= 0.3 is 0 Å². The number of hydrogen-bond donors (Lipinski definition) is 0. The molecule has 0 fully saturated rings. The summed E-state index contributed by atoms with van der Waals surface area (Å²) < 4.78 is 5.71. The zero-order valence-electron chi connectivity index (χ0n) is 8.57. The SMILES string of the molecule is CC(C)(C)Oc1ccccc1N=C=S. The summed E-state index contributed by atoms with van der Waals surface area (Å²) in [4.78, 5) is 3.93. The highest BCUT2D eigenvalue weighted by molar-refractivity contribution is 7.78. The van der Waals surface area contributed by atoms with Crippen molar-refractivity contribution in [2.75, 3.05) is 0 Å². The maximum absolute atomic E-state index is 5.71. The van der Waals surface area contributed by atoms with E-state index in [-0.39, 0.29) is 5.60 Å². The molecule has 74 valence electrons. The molecule has 0 amide bonds. The number of nitrogens with zero attached hydrogens (tertiary/aromatic N) is 1. The maximum Gasteiger partial charge on any atom is 0.146 e. The number of ether oxygens (including phenoxy) is 1. The van der Waals surface area contributed by atoms with Crippen molar-refractivity contribution in [3.8, 4) is 5.75 Å². The Labute approximate surface area is 89.6 Å². The second kappa shape index (κ2) is 4.36. The lowest BCUT2D eigenvalue weighted by Crippen LogP contribution is -2.22. The zero-order chi connectivity index (χ0) is 10.6. The van der Waals surface area contributed by atoms with E-state index in [0.717, 1.165) is 11.4 Å². The summed E-state index contributed by atoms with van der Waals surface area (Å²) in [6, 6.07) is 7.52. The first kappa shape index (κ1) is 10.9. The molecule has 14 heavy (non-hydrogen) atoms. The highest BCUT2D eigenvalue weighted by Gasteiger charge is 2.13. The van der Waals surface area contributed by atoms with E-state index in [1.165, 1.54) is 0 Å². The third kappa shape index (κ3) is 3.29. The average Bonchev–Trinajstić information content (AvgIpc) is 2.06. The van der Waals surface area contributed by atoms with E-state index in [2.05, 4.69) is 22.4 Å². The Kier molecular flexibility index (Phi) is 3.39. The molecule has 0 aromatic heterocycles. The average molecular weight is 207 g/mol. The van der Waals surface area contributed by atoms with Gasteiger partial charge in [0.1, 0.15) is 17.0 Å². The standard InChI is InChI=1S/C11H13NOS/c1-11(2,3)13-10-7-5-4-6-9(10)12-8-14/h4-7H,1-3H3. The highest BCUT2D eigenvalue weighted by atomic mass is 32.1. The van der Waals surface area contributed by atoms with Gasteiger partial charge in [-0.25, -0.2) is 0 Å². The minimum absolute atomic E-state index is 0.229. The van der Waals surface area contributed by atoms with Gasteiger partial charge in [0, 0.05) is 0 Å². The van der Waals surface area contributed by atoms with Crippen LogP contribution in [0.4, 0.5) is 5.69 Å². The molecule has 0 heterocycles. The monoisotopic (exact) mass is 207 g/mol. The molecule has 0 atom stereocenters. The molecule has 0 radical (unpaired) electrons. The molecular formula is C11H13NOS. The Morgan fingerprint density at radius 2 is 1.93 bits per heavy atom. The molecule has 0 aliphatic heterocycles. The highest BCUT2D eigenvalue weighted by Crippen LogP contribution is 2.29. The van der Waals surface area contributed by atoms with Crippen molar-refractivity contribution in [2.24, 2.45) is 4.99 Å². The molecule has 0 N–H and O–H groups in total. The summed E-state index contributed by atoms with van der Waals surface area (Å²) >= 11 is 4.56. The molecule has 0 aliphatic carbocycles. The number of hydrogen-bond acceptors (Lipinski definition) is 3. The molecule has 0 saturated carbocycles. The minimum atomic E-state index is -0.229. The van der Waals surface area contributed by atoms with Gasteiger partial charge in [-0.15, -0.1) is 0 Å². The number of isothiocyanates is 1. The smallest absolute Gasteiger partial charge is 0.146 e. The summed E-state index contributed by atoms with van der Waals surface area (Å²) in [5.41, 5.74) is 0.491. The van der Waals surface area contributed by atoms with Crippen molar-refractivity contribution in [3.05, 3.63) is 24.3 Å². The van der Waals surface area contributed by atoms with Crippen LogP contribution in [0.15, 0.2) is 29.3 Å². The first-order valence-electron chi connectivity index (χ1n) is 4.39. The number of thiocarbonyl (C=S) groups is 1. The number of rotatable bonds is 2. The van der Waals surface area contributed by atoms with Crippen molar-refractivity contribution in [2.45, 2.75) is 26.4 Å². The van der Waals surface area contributed by atoms with Gasteiger partial charge in [-0.3, -0.25) is 0 Å². The van der Waals surface area contributed by atoms with E-state index in [0.29, 0.717) is 0 Å². The molecule has 0 unspecified atom stereocenters. The second-order valence-electron chi connectivity index (χ2n) is 3.89. The second-order valence-corrected chi connectivity index (χ2v) is 4.07. The Balaban J connectivity index is 3.01. The fourth-order valence-electron chi connectivity index (χ4n) is 1.01. The summed E-state index contributed by atoms with van der Waals surface area (Å²) in [5, 5.41) is 2.34. The van der Waals surface area contributed by atoms with E-state index in [1.807, 2.05) is 45.0 Å². The van der Waals surface area contributed by atoms with Gasteiger partial charge in [0.15, 0.2) is 0 Å². The summed E-state index contributed by atoms with van der Waals surface area (Å²) in [7, 11) is 0. The molecule has 0 saturated heterocycles. The fourth-order valence-corrected chi connectivity index (χ4v) is 1.11. The first-order valence-corrected chi connectivity index (χ1v) is 4.80. The van der Waals surface area contributed by atoms with Crippen molar-refractivity contribution in [1.82, 2.24) is 0 Å². The van der Waals surface area contributed by atoms with Gasteiger partial charge in [-0.2, -0.15) is 4.99 Å². The quantitative estimate of drug-likeness (QED) is 0.546. The predicted molar refractivity (Wildman–Crippen MR) is 61.5 cm³/mol. The van der Waals surface area contributed by atoms with Crippen LogP contribution in [0.25, 0.3) is 0 Å². The largest absolute Gasteiger partial charge is 0.486 e. The maximum atomic E-state index is 5.71. The third-order valence-corrected chi connectivity index (χ3v) is 1.54. The Bertz CT molecular complexity index is 362. The van der Waals surface area contributed by atoms with Gasteiger partial charge in [-0.1, -0.05) is 12.1 Å². The predicted octanol–water partition coefficient (Wildman–Crippen LogP) is 3.60. The topological polar surface area (TPSA) is 21.6 Å². The molecule has 0 aliphatic rings. The van der Waals surface area contributed by atoms with Gasteiger partial charge in [0.25, 0.3) is 0 Å². The molecule has 1 aromatic rings. The van der Waals surface area contributed by atoms with Crippen molar-refractivity contribution in [3.63, 3.8) is 0 Å². The lowest BCUT2D eigenvalue weighted by molar-refractivity contribution is 0.132. The number of aliphatic imine (C=N–C) groups is 1. The van der Waals surface area contributed by atoms with Gasteiger partial charge < -0.3 is 4.74 Å². The Morgan fingerprint density at radius 1 is 1.29 bits per heavy atom. The molecule has 1 rings (SSSR count). The number of para-hydroxylation sites is 2. The van der Waals surface area contributed by atoms with Crippen LogP contribution >= 0.6 is 12.2 Å². The lowest BCUT2D eigenvalue weighted by Gasteiger charge is -2.21. The van der Waals surface area contributed by atoms with Crippen molar-refractivity contribution >= 4 is 23.1 Å². The minimum Gasteiger partial charge on any atom is -0.486 e. The third-order valence-electron chi connectivity index (χ3n) is 1.45. The lowest BCUT2D eigenvalue weighted by atomic mass is 10.2. The van der Waals surface area contributed by atoms with Gasteiger partial charge in [0.05, 0.1) is 5.16 Å². The molecule has 0 bridgehead atoms. The van der Waals surface area contributed by atoms with Crippen LogP contribution in [-0.4, -0.2) is 10.8 Å². The van der Waals surface area contributed by atoms with Crippen LogP contribution in [0.2, 0.25) is 0 Å². The summed E-state index contributed by atoms with van der Waals surface area (Å²) in [6.45, 7) is 5.97. The number of benzene rings is 1. The Morgan fingerprint density at radius 3 is 2.50 bits per heavy atom. The molecule has 3 heteroatoms. The molecular weight excluding hydrogens is 194 g/mol. The van der Waals surface area contributed by atoms with E-state index < -0.39 is 0 Å².